The Kier molecular flexibility index (Phi) is 6.52. The molecule has 3 fully saturated rings. The molecule has 1 N–H and O–H groups in total. The van der Waals surface area contributed by atoms with Crippen LogP contribution >= 0.6 is 12.4 Å². The van der Waals surface area contributed by atoms with E-state index in [1.54, 1.807) is 19.2 Å². The van der Waals surface area contributed by atoms with E-state index in [1.807, 2.05) is 24.3 Å². The highest BCUT2D eigenvalue weighted by molar-refractivity contribution is 5.87. The first-order chi connectivity index (χ1) is 15.1. The van der Waals surface area contributed by atoms with Gasteiger partial charge in [-0.25, -0.2) is 9.37 Å². The van der Waals surface area contributed by atoms with Gasteiger partial charge in [-0.15, -0.1) is 19.0 Å². The van der Waals surface area contributed by atoms with E-state index in [0.29, 0.717) is 11.8 Å². The number of hydrogen-bond donors (Lipinski definition) is 1. The Morgan fingerprint density at radius 3 is 2.66 bits per heavy atom. The summed E-state index contributed by atoms with van der Waals surface area (Å²) in [7, 11) is 1.64. The minimum atomic E-state index is -0.648. The molecule has 3 aromatic rings. The number of rotatable bonds is 5. The van der Waals surface area contributed by atoms with Crippen molar-refractivity contribution >= 4 is 23.3 Å². The predicted octanol–water partition coefficient (Wildman–Crippen LogP) is 5.40. The number of aliphatic hydroxyl groups is 1. The van der Waals surface area contributed by atoms with Gasteiger partial charge in [0.15, 0.2) is 0 Å². The Balaban J connectivity index is 0.00000245. The van der Waals surface area contributed by atoms with Crippen molar-refractivity contribution in [2.24, 2.45) is 11.8 Å². The number of nitrogens with zero attached hydrogens (tertiary/aromatic N) is 2. The van der Waals surface area contributed by atoms with Crippen LogP contribution in [0.25, 0.3) is 22.2 Å². The lowest BCUT2D eigenvalue weighted by Crippen LogP contribution is -2.54. The molecule has 3 aliphatic heterocycles. The van der Waals surface area contributed by atoms with E-state index in [0.717, 1.165) is 59.4 Å². The summed E-state index contributed by atoms with van der Waals surface area (Å²) in [5.41, 5.74) is 3.18. The van der Waals surface area contributed by atoms with E-state index in [-0.39, 0.29) is 24.3 Å². The number of aromatic nitrogens is 1. The van der Waals surface area contributed by atoms with Gasteiger partial charge in [-0.3, -0.25) is 4.90 Å². The maximum Gasteiger partial charge on any atom is 0.123 e. The zero-order valence-corrected chi connectivity index (χ0v) is 18.9. The highest BCUT2D eigenvalue weighted by atomic mass is 35.5. The molecule has 32 heavy (non-hydrogen) atoms. The van der Waals surface area contributed by atoms with Crippen LogP contribution in [0.4, 0.5) is 4.39 Å². The third-order valence-corrected chi connectivity index (χ3v) is 7.02. The number of benzene rings is 2. The summed E-state index contributed by atoms with van der Waals surface area (Å²) in [5, 5.41) is 12.5. The Morgan fingerprint density at radius 1 is 1.22 bits per heavy atom. The van der Waals surface area contributed by atoms with Crippen LogP contribution in [0.3, 0.4) is 0 Å². The first-order valence-corrected chi connectivity index (χ1v) is 10.9. The number of hydrogen-bond acceptors (Lipinski definition) is 4. The molecule has 0 spiro atoms. The van der Waals surface area contributed by atoms with Gasteiger partial charge in [0.05, 0.1) is 24.4 Å². The van der Waals surface area contributed by atoms with E-state index in [9.17, 15) is 9.50 Å². The lowest BCUT2D eigenvalue weighted by atomic mass is 9.73. The van der Waals surface area contributed by atoms with E-state index < -0.39 is 6.10 Å². The summed E-state index contributed by atoms with van der Waals surface area (Å²) in [6, 6.07) is 14.1. The molecule has 4 nitrogen and oxygen atoms in total. The van der Waals surface area contributed by atoms with E-state index in [2.05, 4.69) is 17.6 Å². The largest absolute Gasteiger partial charge is 0.497 e. The smallest absolute Gasteiger partial charge is 0.123 e. The monoisotopic (exact) mass is 454 g/mol. The number of halogens is 2. The van der Waals surface area contributed by atoms with Crippen LogP contribution in [0.1, 0.15) is 24.5 Å². The molecule has 0 saturated carbocycles. The fourth-order valence-electron chi connectivity index (χ4n) is 5.28. The first-order valence-electron chi connectivity index (χ1n) is 10.9. The molecule has 6 rings (SSSR count). The van der Waals surface area contributed by atoms with Gasteiger partial charge in [0, 0.05) is 23.5 Å². The molecular formula is C26H28ClFN2O2. The Hall–Kier alpha value is -2.47. The molecular weight excluding hydrogens is 427 g/mol. The van der Waals surface area contributed by atoms with Crippen LogP contribution in [0.5, 0.6) is 5.75 Å². The average molecular weight is 455 g/mol. The highest BCUT2D eigenvalue weighted by Gasteiger charge is 2.42. The molecule has 168 valence electrons. The van der Waals surface area contributed by atoms with Crippen molar-refractivity contribution in [3.8, 4) is 17.0 Å². The maximum atomic E-state index is 13.4. The second-order valence-corrected chi connectivity index (χ2v) is 8.68. The predicted molar refractivity (Wildman–Crippen MR) is 128 cm³/mol. The number of piperidine rings is 3. The van der Waals surface area contributed by atoms with E-state index in [1.165, 1.54) is 12.1 Å². The molecule has 0 amide bonds. The summed E-state index contributed by atoms with van der Waals surface area (Å²) in [6.45, 7) is 5.96. The van der Waals surface area contributed by atoms with Crippen molar-refractivity contribution in [2.75, 3.05) is 20.2 Å². The van der Waals surface area contributed by atoms with Gasteiger partial charge in [-0.05, 0) is 85.3 Å². The molecule has 1 aromatic heterocycles. The number of aliphatic hydroxyl groups excluding tert-OH is 1. The number of methoxy groups -OCH3 is 1. The van der Waals surface area contributed by atoms with Gasteiger partial charge >= 0.3 is 0 Å². The van der Waals surface area contributed by atoms with E-state index in [4.69, 9.17) is 9.72 Å². The zero-order chi connectivity index (χ0) is 21.5. The summed E-state index contributed by atoms with van der Waals surface area (Å²) in [5.74, 6) is 1.52. The van der Waals surface area contributed by atoms with Gasteiger partial charge in [0.2, 0.25) is 0 Å². The lowest BCUT2D eigenvalue weighted by molar-refractivity contribution is -0.0444. The standard InChI is InChI=1S/C26H27FN2O2.ClH/c1-3-16-15-29-11-10-18(16)12-25(29)26(30)22-14-24(17-4-6-19(27)7-5-17)28-23-9-8-20(31-2)13-21(22)23;/h3-9,13-14,16,18,25-26,30H,1,10-12,15H2,2H3;1H/t16-,18-,25-,26+;/m0./s1. The van der Waals surface area contributed by atoms with E-state index >= 15 is 0 Å². The molecule has 3 aliphatic rings. The van der Waals surface area contributed by atoms with Crippen molar-refractivity contribution in [3.05, 3.63) is 72.6 Å². The summed E-state index contributed by atoms with van der Waals surface area (Å²) >= 11 is 0. The molecule has 6 heteroatoms. The van der Waals surface area contributed by atoms with Crippen LogP contribution in [0, 0.1) is 17.7 Å². The number of fused-ring (bicyclic) bond motifs is 4. The second kappa shape index (κ2) is 9.18. The normalized spacial score (nSPS) is 25.2. The fourth-order valence-corrected chi connectivity index (χ4v) is 5.28. The number of ether oxygens (including phenoxy) is 1. The van der Waals surface area contributed by atoms with Crippen LogP contribution in [0.15, 0.2) is 61.2 Å². The quantitative estimate of drug-likeness (QED) is 0.524. The van der Waals surface area contributed by atoms with Crippen molar-refractivity contribution in [1.29, 1.82) is 0 Å². The molecule has 2 bridgehead atoms. The van der Waals surface area contributed by atoms with Crippen LogP contribution in [0.2, 0.25) is 0 Å². The van der Waals surface area contributed by atoms with Gasteiger partial charge in [-0.2, -0.15) is 0 Å². The molecule has 3 saturated heterocycles. The zero-order valence-electron chi connectivity index (χ0n) is 18.1. The maximum absolute atomic E-state index is 13.4. The average Bonchev–Trinajstić information content (AvgIpc) is 2.83. The number of pyridine rings is 1. The van der Waals surface area contributed by atoms with Crippen molar-refractivity contribution in [2.45, 2.75) is 25.0 Å². The van der Waals surface area contributed by atoms with Crippen molar-refractivity contribution < 1.29 is 14.2 Å². The first kappa shape index (κ1) is 22.7. The van der Waals surface area contributed by atoms with Crippen molar-refractivity contribution in [3.63, 3.8) is 0 Å². The third-order valence-electron chi connectivity index (χ3n) is 7.02. The summed E-state index contributed by atoms with van der Waals surface area (Å²) in [4.78, 5) is 7.20. The van der Waals surface area contributed by atoms with Gasteiger partial charge in [-0.1, -0.05) is 6.08 Å². The van der Waals surface area contributed by atoms with Crippen LogP contribution in [-0.2, 0) is 0 Å². The third kappa shape index (κ3) is 4.01. The molecule has 4 heterocycles. The minimum absolute atomic E-state index is 0. The lowest BCUT2D eigenvalue weighted by Gasteiger charge is -2.50. The Labute approximate surface area is 194 Å². The Bertz CT molecular complexity index is 1120. The fraction of sp³-hybridized carbons (Fsp3) is 0.346. The summed E-state index contributed by atoms with van der Waals surface area (Å²) in [6.07, 6.45) is 3.53. The van der Waals surface area contributed by atoms with Crippen molar-refractivity contribution in [1.82, 2.24) is 9.88 Å². The van der Waals surface area contributed by atoms with Crippen LogP contribution < -0.4 is 4.74 Å². The molecule has 0 aliphatic carbocycles. The molecule has 1 unspecified atom stereocenters. The van der Waals surface area contributed by atoms with Gasteiger partial charge < -0.3 is 9.84 Å². The highest BCUT2D eigenvalue weighted by Crippen LogP contribution is 2.43. The molecule has 5 atom stereocenters. The summed E-state index contributed by atoms with van der Waals surface area (Å²) < 4.78 is 18.9. The molecule has 0 radical (unpaired) electrons. The Morgan fingerprint density at radius 2 is 2.00 bits per heavy atom. The van der Waals surface area contributed by atoms with Gasteiger partial charge in [0.25, 0.3) is 0 Å². The second-order valence-electron chi connectivity index (χ2n) is 8.68. The minimum Gasteiger partial charge on any atom is -0.497 e. The molecule has 2 aromatic carbocycles. The van der Waals surface area contributed by atoms with Crippen LogP contribution in [-0.4, -0.2) is 41.2 Å². The van der Waals surface area contributed by atoms with Gasteiger partial charge in [0.1, 0.15) is 11.6 Å². The topological polar surface area (TPSA) is 45.6 Å². The SMILES string of the molecule is C=C[C@H]1CN2CC[C@H]1C[C@H]2[C@H](O)c1cc(-c2ccc(F)cc2)nc2ccc(OC)cc12.Cl.